The third-order valence-electron chi connectivity index (χ3n) is 6.30. The first-order valence-corrected chi connectivity index (χ1v) is 9.90. The summed E-state index contributed by atoms with van der Waals surface area (Å²) in [5, 5.41) is 2.49. The number of piperidine rings is 2. The quantitative estimate of drug-likeness (QED) is 0.788. The lowest BCUT2D eigenvalue weighted by Crippen LogP contribution is -2.52. The second-order valence-corrected chi connectivity index (χ2v) is 7.78. The van der Waals surface area contributed by atoms with E-state index in [0.29, 0.717) is 26.1 Å². The van der Waals surface area contributed by atoms with Gasteiger partial charge >= 0.3 is 0 Å². The van der Waals surface area contributed by atoms with Crippen molar-refractivity contribution >= 4 is 23.2 Å². The molecule has 7 nitrogen and oxygen atoms in total. The number of amides is 2. The summed E-state index contributed by atoms with van der Waals surface area (Å²) >= 11 is 0. The van der Waals surface area contributed by atoms with Gasteiger partial charge in [0.1, 0.15) is 6.04 Å². The van der Waals surface area contributed by atoms with E-state index in [1.54, 1.807) is 0 Å². The van der Waals surface area contributed by atoms with E-state index in [9.17, 15) is 9.59 Å². The van der Waals surface area contributed by atoms with Crippen LogP contribution in [0.25, 0.3) is 0 Å². The molecule has 3 saturated heterocycles. The van der Waals surface area contributed by atoms with Crippen LogP contribution in [0.1, 0.15) is 31.2 Å². The molecule has 0 radical (unpaired) electrons. The summed E-state index contributed by atoms with van der Waals surface area (Å²) < 4.78 is 11.7. The molecule has 144 valence electrons. The van der Waals surface area contributed by atoms with Crippen LogP contribution in [-0.4, -0.2) is 56.5 Å². The van der Waals surface area contributed by atoms with Gasteiger partial charge in [0.25, 0.3) is 0 Å². The van der Waals surface area contributed by atoms with Crippen LogP contribution in [0.15, 0.2) is 18.2 Å². The number of carbonyl (C=O) groups excluding carboxylic acids is 2. The van der Waals surface area contributed by atoms with Crippen molar-refractivity contribution in [1.29, 1.82) is 0 Å². The summed E-state index contributed by atoms with van der Waals surface area (Å²) in [6.07, 6.45) is 3.70. The molecule has 0 unspecified atom stereocenters. The molecule has 2 amide bonds. The van der Waals surface area contributed by atoms with Crippen LogP contribution in [0, 0.1) is 0 Å². The molecule has 0 bridgehead atoms. The second kappa shape index (κ2) is 6.49. The van der Waals surface area contributed by atoms with E-state index < -0.39 is 0 Å². The molecule has 27 heavy (non-hydrogen) atoms. The minimum atomic E-state index is -0.368. The number of carbonyl (C=O) groups is 2. The van der Waals surface area contributed by atoms with Crippen molar-refractivity contribution in [1.82, 2.24) is 5.32 Å². The average Bonchev–Trinajstić information content (AvgIpc) is 3.30. The number of hydrogen-bond acceptors (Lipinski definition) is 6. The van der Waals surface area contributed by atoms with Gasteiger partial charge in [0.15, 0.2) is 5.79 Å². The number of nitrogens with zero attached hydrogens (tertiary/aromatic N) is 2. The van der Waals surface area contributed by atoms with Gasteiger partial charge < -0.3 is 19.3 Å². The zero-order valence-electron chi connectivity index (χ0n) is 15.4. The second-order valence-electron chi connectivity index (χ2n) is 7.78. The summed E-state index contributed by atoms with van der Waals surface area (Å²) in [6, 6.07) is 6.11. The van der Waals surface area contributed by atoms with Crippen LogP contribution in [0.2, 0.25) is 0 Å². The monoisotopic (exact) mass is 371 g/mol. The van der Waals surface area contributed by atoms with Crippen LogP contribution in [0.5, 0.6) is 0 Å². The largest absolute Gasteiger partial charge is 0.371 e. The fraction of sp³-hybridized carbons (Fsp3) is 0.600. The molecular formula is C20H25N3O4. The van der Waals surface area contributed by atoms with Gasteiger partial charge in [-0.3, -0.25) is 14.9 Å². The van der Waals surface area contributed by atoms with E-state index in [1.807, 2.05) is 0 Å². The van der Waals surface area contributed by atoms with E-state index in [-0.39, 0.29) is 23.6 Å². The summed E-state index contributed by atoms with van der Waals surface area (Å²) in [6.45, 7) is 4.04. The number of hydrogen-bond donors (Lipinski definition) is 1. The fourth-order valence-electron chi connectivity index (χ4n) is 4.91. The predicted octanol–water partition coefficient (Wildman–Crippen LogP) is 1.20. The minimum absolute atomic E-state index is 0.164. The lowest BCUT2D eigenvalue weighted by atomic mass is 10.0. The Morgan fingerprint density at radius 2 is 1.74 bits per heavy atom. The Hall–Kier alpha value is -2.12. The molecule has 0 aliphatic carbocycles. The molecule has 4 heterocycles. The first-order valence-electron chi connectivity index (χ1n) is 9.90. The van der Waals surface area contributed by atoms with Gasteiger partial charge in [-0.2, -0.15) is 0 Å². The molecule has 1 atom stereocenters. The SMILES string of the molecule is O=C1CC[C@@H](N2CCc3c(N4CCC5(CC4)OCCO5)cccc32)C(=O)N1. The van der Waals surface area contributed by atoms with E-state index in [0.717, 1.165) is 44.6 Å². The smallest absolute Gasteiger partial charge is 0.249 e. The molecule has 3 fully saturated rings. The highest BCUT2D eigenvalue weighted by atomic mass is 16.7. The first kappa shape index (κ1) is 17.0. The Bertz CT molecular complexity index is 764. The van der Waals surface area contributed by atoms with Crippen LogP contribution in [0.4, 0.5) is 11.4 Å². The molecule has 1 N–H and O–H groups in total. The Kier molecular flexibility index (Phi) is 4.09. The number of nitrogens with one attached hydrogen (secondary N) is 1. The van der Waals surface area contributed by atoms with Gasteiger partial charge in [0.2, 0.25) is 11.8 Å². The van der Waals surface area contributed by atoms with Gasteiger partial charge in [0.05, 0.1) is 13.2 Å². The zero-order chi connectivity index (χ0) is 18.4. The van der Waals surface area contributed by atoms with Crippen LogP contribution in [-0.2, 0) is 25.5 Å². The summed E-state index contributed by atoms with van der Waals surface area (Å²) in [4.78, 5) is 28.4. The van der Waals surface area contributed by atoms with Crippen molar-refractivity contribution in [3.05, 3.63) is 23.8 Å². The third-order valence-corrected chi connectivity index (χ3v) is 6.30. The molecule has 1 aromatic carbocycles. The van der Waals surface area contributed by atoms with Crippen LogP contribution in [0.3, 0.4) is 0 Å². The van der Waals surface area contributed by atoms with Gasteiger partial charge in [0, 0.05) is 55.8 Å². The van der Waals surface area contributed by atoms with E-state index in [1.165, 1.54) is 11.3 Å². The predicted molar refractivity (Wildman–Crippen MR) is 99.7 cm³/mol. The number of ether oxygens (including phenoxy) is 2. The summed E-state index contributed by atoms with van der Waals surface area (Å²) in [5.74, 6) is -0.698. The van der Waals surface area contributed by atoms with E-state index in [4.69, 9.17) is 9.47 Å². The minimum Gasteiger partial charge on any atom is -0.371 e. The topological polar surface area (TPSA) is 71.1 Å². The maximum Gasteiger partial charge on any atom is 0.249 e. The Labute approximate surface area is 158 Å². The average molecular weight is 371 g/mol. The molecule has 1 aromatic rings. The lowest BCUT2D eigenvalue weighted by Gasteiger charge is -2.39. The van der Waals surface area contributed by atoms with Crippen molar-refractivity contribution in [3.8, 4) is 0 Å². The van der Waals surface area contributed by atoms with Gasteiger partial charge in [-0.1, -0.05) is 6.07 Å². The molecule has 0 saturated carbocycles. The third kappa shape index (κ3) is 2.89. The molecule has 4 aliphatic rings. The van der Waals surface area contributed by atoms with E-state index >= 15 is 0 Å². The zero-order valence-corrected chi connectivity index (χ0v) is 15.4. The number of benzene rings is 1. The molecule has 0 aromatic heterocycles. The highest BCUT2D eigenvalue weighted by Gasteiger charge is 2.41. The number of fused-ring (bicyclic) bond motifs is 1. The van der Waals surface area contributed by atoms with Crippen molar-refractivity contribution in [2.45, 2.75) is 43.9 Å². The fourth-order valence-corrected chi connectivity index (χ4v) is 4.91. The van der Waals surface area contributed by atoms with Gasteiger partial charge in [-0.15, -0.1) is 0 Å². The van der Waals surface area contributed by atoms with Crippen LogP contribution < -0.4 is 15.1 Å². The molecule has 5 rings (SSSR count). The van der Waals surface area contributed by atoms with Crippen molar-refractivity contribution in [3.63, 3.8) is 0 Å². The molecule has 4 aliphatic heterocycles. The molecular weight excluding hydrogens is 346 g/mol. The lowest BCUT2D eigenvalue weighted by molar-refractivity contribution is -0.169. The number of rotatable bonds is 2. The Morgan fingerprint density at radius 3 is 2.48 bits per heavy atom. The number of imide groups is 1. The maximum atomic E-state index is 12.3. The molecule has 1 spiro atoms. The van der Waals surface area contributed by atoms with Crippen LogP contribution >= 0.6 is 0 Å². The summed E-state index contributed by atoms with van der Waals surface area (Å²) in [5.41, 5.74) is 3.71. The first-order chi connectivity index (χ1) is 13.2. The maximum absolute atomic E-state index is 12.3. The van der Waals surface area contributed by atoms with Gasteiger partial charge in [-0.25, -0.2) is 0 Å². The Balaban J connectivity index is 1.36. The van der Waals surface area contributed by atoms with Crippen molar-refractivity contribution < 1.29 is 19.1 Å². The number of anilines is 2. The highest BCUT2D eigenvalue weighted by Crippen LogP contribution is 2.40. The molecule has 7 heteroatoms. The van der Waals surface area contributed by atoms with Crippen molar-refractivity contribution in [2.24, 2.45) is 0 Å². The standard InChI is InChI=1S/C20H25N3O4/c24-18-5-4-17(19(25)21-18)23-9-6-14-15(2-1-3-16(14)23)22-10-7-20(8-11-22)26-12-13-27-20/h1-3,17H,4-13H2,(H,21,24,25)/t17-/m1/s1. The normalized spacial score (nSPS) is 27.2. The van der Waals surface area contributed by atoms with E-state index in [2.05, 4.69) is 33.3 Å². The summed E-state index contributed by atoms with van der Waals surface area (Å²) in [7, 11) is 0. The highest BCUT2D eigenvalue weighted by molar-refractivity contribution is 6.02. The Morgan fingerprint density at radius 1 is 1.00 bits per heavy atom. The van der Waals surface area contributed by atoms with Gasteiger partial charge in [-0.05, 0) is 25.0 Å². The van der Waals surface area contributed by atoms with Crippen molar-refractivity contribution in [2.75, 3.05) is 42.6 Å².